The van der Waals surface area contributed by atoms with E-state index in [9.17, 15) is 24.1 Å². The molecule has 1 aromatic carbocycles. The number of ether oxygens (including phenoxy) is 1. The van der Waals surface area contributed by atoms with Crippen LogP contribution in [0.15, 0.2) is 24.3 Å². The molecule has 9 heteroatoms. The Bertz CT molecular complexity index is 525. The monoisotopic (exact) mass is 308 g/mol. The molecule has 1 aliphatic heterocycles. The summed E-state index contributed by atoms with van der Waals surface area (Å²) in [6.07, 6.45) is -5.00. The highest BCUT2D eigenvalue weighted by molar-refractivity contribution is 7.47. The Labute approximate surface area is 114 Å². The summed E-state index contributed by atoms with van der Waals surface area (Å²) in [5.41, 5.74) is 0. The van der Waals surface area contributed by atoms with Crippen LogP contribution in [0.2, 0.25) is 0 Å². The first kappa shape index (κ1) is 15.4. The van der Waals surface area contributed by atoms with E-state index in [1.807, 2.05) is 0 Å². The number of phosphoric ester groups is 1. The lowest BCUT2D eigenvalue weighted by Gasteiger charge is -2.19. The van der Waals surface area contributed by atoms with Crippen LogP contribution in [0, 0.1) is 5.82 Å². The van der Waals surface area contributed by atoms with E-state index in [1.165, 1.54) is 19.1 Å². The molecule has 0 spiro atoms. The molecule has 5 atom stereocenters. The minimum Gasteiger partial charge on any atom is -0.404 e. The average molecular weight is 308 g/mol. The fourth-order valence-corrected chi connectivity index (χ4v) is 2.57. The molecule has 1 heterocycles. The van der Waals surface area contributed by atoms with E-state index in [2.05, 4.69) is 9.05 Å². The first-order valence-electron chi connectivity index (χ1n) is 5.76. The average Bonchev–Trinajstić information content (AvgIpc) is 2.56. The highest BCUT2D eigenvalue weighted by Gasteiger charge is 2.45. The number of hydrogen-bond acceptors (Lipinski definition) is 6. The van der Waals surface area contributed by atoms with E-state index >= 15 is 0 Å². The lowest BCUT2D eigenvalue weighted by atomic mass is 10.2. The predicted molar refractivity (Wildman–Crippen MR) is 64.3 cm³/mol. The summed E-state index contributed by atoms with van der Waals surface area (Å²) < 4.78 is 38.9. The van der Waals surface area contributed by atoms with Gasteiger partial charge in [-0.15, -0.1) is 0 Å². The molecule has 2 unspecified atom stereocenters. The Kier molecular flexibility index (Phi) is 4.43. The van der Waals surface area contributed by atoms with E-state index in [-0.39, 0.29) is 5.75 Å². The SMILES string of the molecule is C[C@H]1O[C@H](OP(=O)(O)Oc2cccc(F)c2)[C@H](O)C1O. The maximum absolute atomic E-state index is 12.9. The third kappa shape index (κ3) is 3.54. The molecular formula is C11H14FO7P. The van der Waals surface area contributed by atoms with E-state index < -0.39 is 38.2 Å². The Balaban J connectivity index is 2.03. The topological polar surface area (TPSA) is 105 Å². The number of hydrogen-bond donors (Lipinski definition) is 3. The van der Waals surface area contributed by atoms with Crippen molar-refractivity contribution in [2.24, 2.45) is 0 Å². The van der Waals surface area contributed by atoms with E-state index in [0.717, 1.165) is 12.1 Å². The van der Waals surface area contributed by atoms with Gasteiger partial charge in [0.05, 0.1) is 6.10 Å². The summed E-state index contributed by atoms with van der Waals surface area (Å²) >= 11 is 0. The second-order valence-corrected chi connectivity index (χ2v) is 5.64. The van der Waals surface area contributed by atoms with E-state index in [4.69, 9.17) is 4.74 Å². The molecule has 1 aromatic rings. The van der Waals surface area contributed by atoms with Gasteiger partial charge in [0, 0.05) is 6.07 Å². The summed E-state index contributed by atoms with van der Waals surface area (Å²) in [4.78, 5) is 9.53. The summed E-state index contributed by atoms with van der Waals surface area (Å²) in [7, 11) is -4.64. The molecule has 0 aromatic heterocycles. The van der Waals surface area contributed by atoms with Crippen LogP contribution in [0.1, 0.15) is 6.92 Å². The van der Waals surface area contributed by atoms with Gasteiger partial charge in [-0.1, -0.05) is 6.07 Å². The van der Waals surface area contributed by atoms with Gasteiger partial charge in [-0.3, -0.25) is 4.89 Å². The number of rotatable bonds is 4. The summed E-state index contributed by atoms with van der Waals surface area (Å²) in [5, 5.41) is 19.0. The highest BCUT2D eigenvalue weighted by atomic mass is 31.2. The van der Waals surface area contributed by atoms with Crippen LogP contribution in [0.3, 0.4) is 0 Å². The third-order valence-electron chi connectivity index (χ3n) is 2.71. The molecule has 2 rings (SSSR count). The maximum atomic E-state index is 12.9. The minimum absolute atomic E-state index is 0.211. The first-order chi connectivity index (χ1) is 9.28. The zero-order chi connectivity index (χ0) is 14.9. The van der Waals surface area contributed by atoms with Crippen molar-refractivity contribution in [3.05, 3.63) is 30.1 Å². The molecule has 1 saturated heterocycles. The van der Waals surface area contributed by atoms with E-state index in [1.54, 1.807) is 0 Å². The van der Waals surface area contributed by atoms with Gasteiger partial charge in [0.1, 0.15) is 23.8 Å². The normalized spacial score (nSPS) is 32.9. The van der Waals surface area contributed by atoms with Gasteiger partial charge < -0.3 is 19.5 Å². The Morgan fingerprint density at radius 1 is 1.35 bits per heavy atom. The molecule has 1 fully saturated rings. The molecule has 20 heavy (non-hydrogen) atoms. The molecule has 0 saturated carbocycles. The zero-order valence-corrected chi connectivity index (χ0v) is 11.3. The Morgan fingerprint density at radius 2 is 2.05 bits per heavy atom. The van der Waals surface area contributed by atoms with Crippen molar-refractivity contribution in [3.8, 4) is 5.75 Å². The summed E-state index contributed by atoms with van der Waals surface area (Å²) in [6, 6.07) is 4.59. The van der Waals surface area contributed by atoms with Gasteiger partial charge >= 0.3 is 7.82 Å². The van der Waals surface area contributed by atoms with Crippen molar-refractivity contribution in [2.45, 2.75) is 31.5 Å². The Morgan fingerprint density at radius 3 is 2.60 bits per heavy atom. The van der Waals surface area contributed by atoms with Crippen molar-refractivity contribution in [2.75, 3.05) is 0 Å². The van der Waals surface area contributed by atoms with E-state index in [0.29, 0.717) is 0 Å². The number of benzene rings is 1. The van der Waals surface area contributed by atoms with Crippen LogP contribution in [0.25, 0.3) is 0 Å². The van der Waals surface area contributed by atoms with Gasteiger partial charge in [-0.2, -0.15) is 0 Å². The number of aliphatic hydroxyl groups excluding tert-OH is 2. The predicted octanol–water partition coefficient (Wildman–Crippen LogP) is 0.788. The molecule has 0 bridgehead atoms. The molecule has 0 aliphatic carbocycles. The van der Waals surface area contributed by atoms with Crippen molar-refractivity contribution >= 4 is 7.82 Å². The van der Waals surface area contributed by atoms with Gasteiger partial charge in [-0.25, -0.2) is 13.5 Å². The fourth-order valence-electron chi connectivity index (χ4n) is 1.71. The van der Waals surface area contributed by atoms with Gasteiger partial charge in [0.25, 0.3) is 0 Å². The van der Waals surface area contributed by atoms with Gasteiger partial charge in [0.2, 0.25) is 0 Å². The van der Waals surface area contributed by atoms with Crippen molar-refractivity contribution in [1.82, 2.24) is 0 Å². The smallest absolute Gasteiger partial charge is 0.404 e. The minimum atomic E-state index is -4.64. The molecule has 0 radical (unpaired) electrons. The van der Waals surface area contributed by atoms with Crippen LogP contribution < -0.4 is 4.52 Å². The summed E-state index contributed by atoms with van der Waals surface area (Å²) in [5.74, 6) is -0.861. The Hall–Kier alpha value is -1.02. The van der Waals surface area contributed by atoms with Crippen molar-refractivity contribution in [3.63, 3.8) is 0 Å². The second-order valence-electron chi connectivity index (χ2n) is 4.31. The second kappa shape index (κ2) is 5.77. The molecular weight excluding hydrogens is 294 g/mol. The third-order valence-corrected chi connectivity index (χ3v) is 3.63. The number of aliphatic hydroxyl groups is 2. The highest BCUT2D eigenvalue weighted by Crippen LogP contribution is 2.47. The molecule has 3 N–H and O–H groups in total. The molecule has 0 amide bonds. The van der Waals surface area contributed by atoms with Crippen LogP contribution >= 0.6 is 7.82 Å². The van der Waals surface area contributed by atoms with Crippen LogP contribution in [0.5, 0.6) is 5.75 Å². The van der Waals surface area contributed by atoms with Crippen molar-refractivity contribution < 1.29 is 37.8 Å². The van der Waals surface area contributed by atoms with Crippen LogP contribution in [-0.2, 0) is 13.8 Å². The number of halogens is 1. The number of phosphoric acid groups is 1. The molecule has 1 aliphatic rings. The molecule has 7 nitrogen and oxygen atoms in total. The van der Waals surface area contributed by atoms with Gasteiger partial charge in [-0.05, 0) is 19.1 Å². The lowest BCUT2D eigenvalue weighted by molar-refractivity contribution is -0.116. The fraction of sp³-hybridized carbons (Fsp3) is 0.455. The summed E-state index contributed by atoms with van der Waals surface area (Å²) in [6.45, 7) is 1.47. The van der Waals surface area contributed by atoms with Crippen LogP contribution in [0.4, 0.5) is 4.39 Å². The quantitative estimate of drug-likeness (QED) is 0.706. The van der Waals surface area contributed by atoms with Crippen LogP contribution in [-0.4, -0.2) is 39.7 Å². The zero-order valence-electron chi connectivity index (χ0n) is 10.4. The molecule has 112 valence electrons. The largest absolute Gasteiger partial charge is 0.529 e. The van der Waals surface area contributed by atoms with Crippen molar-refractivity contribution in [1.29, 1.82) is 0 Å². The maximum Gasteiger partial charge on any atom is 0.529 e. The first-order valence-corrected chi connectivity index (χ1v) is 7.26. The van der Waals surface area contributed by atoms with Gasteiger partial charge in [0.15, 0.2) is 6.29 Å². The lowest BCUT2D eigenvalue weighted by Crippen LogP contribution is -2.32. The standard InChI is InChI=1S/C11H14FO7P/c1-6-9(13)10(14)11(17-6)19-20(15,16)18-8-4-2-3-7(12)5-8/h2-6,9-11,13-14H,1H3,(H,15,16)/t6-,9?,10-,11-/m1/s1.